The number of carboxylic acids is 1. The molecule has 0 aliphatic carbocycles. The van der Waals surface area contributed by atoms with Crippen LogP contribution in [-0.4, -0.2) is 11.1 Å². The minimum atomic E-state index is -0.964. The highest BCUT2D eigenvalue weighted by Gasteiger charge is 2.13. The molecule has 0 bridgehead atoms. The van der Waals surface area contributed by atoms with E-state index in [4.69, 9.17) is 21.4 Å². The van der Waals surface area contributed by atoms with Crippen molar-refractivity contribution < 1.29 is 14.6 Å². The fraction of sp³-hybridized carbons (Fsp3) is 0.100. The third-order valence-corrected chi connectivity index (χ3v) is 3.91. The van der Waals surface area contributed by atoms with Gasteiger partial charge in [0.25, 0.3) is 0 Å². The predicted molar refractivity (Wildman–Crippen MR) is 64.9 cm³/mol. The molecule has 2 rings (SSSR count). The first kappa shape index (κ1) is 11.4. The monoisotopic (exact) mass is 274 g/mol. The summed E-state index contributed by atoms with van der Waals surface area (Å²) >= 11 is 8.34. The Labute approximate surface area is 105 Å². The van der Waals surface area contributed by atoms with E-state index in [9.17, 15) is 4.79 Å². The first-order valence-electron chi connectivity index (χ1n) is 4.34. The van der Waals surface area contributed by atoms with E-state index in [1.54, 1.807) is 17.5 Å². The molecular weight excluding hydrogens is 268 g/mol. The first-order chi connectivity index (χ1) is 7.66. The van der Waals surface area contributed by atoms with E-state index in [0.717, 1.165) is 16.2 Å². The fourth-order valence-corrected chi connectivity index (χ4v) is 2.82. The van der Waals surface area contributed by atoms with Crippen molar-refractivity contribution in [3.63, 3.8) is 0 Å². The Balaban J connectivity index is 2.04. The molecule has 2 aromatic heterocycles. The third-order valence-electron chi connectivity index (χ3n) is 1.82. The molecule has 3 nitrogen and oxygen atoms in total. The molecular formula is C10H7ClO3S2. The third kappa shape index (κ3) is 2.55. The summed E-state index contributed by atoms with van der Waals surface area (Å²) < 4.78 is 6.12. The van der Waals surface area contributed by atoms with Gasteiger partial charge in [-0.15, -0.1) is 22.7 Å². The van der Waals surface area contributed by atoms with Crippen LogP contribution < -0.4 is 4.74 Å². The number of carbonyl (C=O) groups is 1. The van der Waals surface area contributed by atoms with Crippen molar-refractivity contribution in [2.45, 2.75) is 6.61 Å². The standard InChI is InChI=1S/C10H7ClO3S2/c11-8-2-1-6(16-8)5-14-7-3-4-15-9(7)10(12)13/h1-4H,5H2,(H,12,13). The van der Waals surface area contributed by atoms with Crippen LogP contribution in [0.4, 0.5) is 0 Å². The van der Waals surface area contributed by atoms with Gasteiger partial charge in [-0.3, -0.25) is 0 Å². The summed E-state index contributed by atoms with van der Waals surface area (Å²) in [6, 6.07) is 5.31. The molecule has 0 aliphatic rings. The summed E-state index contributed by atoms with van der Waals surface area (Å²) in [5.41, 5.74) is 0. The van der Waals surface area contributed by atoms with Crippen LogP contribution in [-0.2, 0) is 6.61 Å². The lowest BCUT2D eigenvalue weighted by atomic mass is 10.4. The highest BCUT2D eigenvalue weighted by atomic mass is 35.5. The number of hydrogen-bond donors (Lipinski definition) is 1. The summed E-state index contributed by atoms with van der Waals surface area (Å²) in [5, 5.41) is 10.6. The van der Waals surface area contributed by atoms with E-state index < -0.39 is 5.97 Å². The Morgan fingerprint density at radius 3 is 2.88 bits per heavy atom. The minimum Gasteiger partial charge on any atom is -0.486 e. The summed E-state index contributed by atoms with van der Waals surface area (Å²) in [7, 11) is 0. The van der Waals surface area contributed by atoms with Gasteiger partial charge in [0, 0.05) is 4.88 Å². The Hall–Kier alpha value is -1.04. The summed E-state index contributed by atoms with van der Waals surface area (Å²) in [6.45, 7) is 0.342. The number of hydrogen-bond acceptors (Lipinski definition) is 4. The molecule has 0 spiro atoms. The van der Waals surface area contributed by atoms with Gasteiger partial charge in [-0.05, 0) is 23.6 Å². The normalized spacial score (nSPS) is 10.3. The van der Waals surface area contributed by atoms with Gasteiger partial charge < -0.3 is 9.84 Å². The second-order valence-corrected chi connectivity index (χ2v) is 5.63. The Bertz CT molecular complexity index is 504. The Morgan fingerprint density at radius 2 is 2.25 bits per heavy atom. The molecule has 0 atom stereocenters. The number of ether oxygens (including phenoxy) is 1. The molecule has 84 valence electrons. The molecule has 0 aromatic carbocycles. The predicted octanol–water partition coefficient (Wildman–Crippen LogP) is 3.74. The average molecular weight is 275 g/mol. The Kier molecular flexibility index (Phi) is 3.48. The SMILES string of the molecule is O=C(O)c1sccc1OCc1ccc(Cl)s1. The zero-order valence-corrected chi connectivity index (χ0v) is 10.4. The zero-order chi connectivity index (χ0) is 11.5. The van der Waals surface area contributed by atoms with Crippen LogP contribution in [0.3, 0.4) is 0 Å². The summed E-state index contributed by atoms with van der Waals surface area (Å²) in [6.07, 6.45) is 0. The van der Waals surface area contributed by atoms with Crippen LogP contribution in [0.25, 0.3) is 0 Å². The number of halogens is 1. The summed E-state index contributed by atoms with van der Waals surface area (Å²) in [5.74, 6) is -0.559. The van der Waals surface area contributed by atoms with E-state index in [0.29, 0.717) is 16.7 Å². The molecule has 0 unspecified atom stereocenters. The van der Waals surface area contributed by atoms with Crippen LogP contribution >= 0.6 is 34.3 Å². The molecule has 1 N–H and O–H groups in total. The van der Waals surface area contributed by atoms with Crippen LogP contribution in [0.15, 0.2) is 23.6 Å². The van der Waals surface area contributed by atoms with E-state index in [2.05, 4.69) is 0 Å². The van der Waals surface area contributed by atoms with Crippen molar-refractivity contribution in [2.24, 2.45) is 0 Å². The van der Waals surface area contributed by atoms with Gasteiger partial charge in [-0.1, -0.05) is 11.6 Å². The lowest BCUT2D eigenvalue weighted by Crippen LogP contribution is -1.98. The second-order valence-electron chi connectivity index (χ2n) is 2.91. The van der Waals surface area contributed by atoms with E-state index >= 15 is 0 Å². The molecule has 6 heteroatoms. The maximum atomic E-state index is 10.8. The van der Waals surface area contributed by atoms with E-state index in [1.807, 2.05) is 6.07 Å². The molecule has 0 fully saturated rings. The molecule has 0 radical (unpaired) electrons. The number of carboxylic acid groups (broad SMARTS) is 1. The summed E-state index contributed by atoms with van der Waals surface area (Å²) in [4.78, 5) is 12.0. The van der Waals surface area contributed by atoms with Crippen molar-refractivity contribution in [3.8, 4) is 5.75 Å². The molecule has 2 aromatic rings. The van der Waals surface area contributed by atoms with Gasteiger partial charge in [0.15, 0.2) is 4.88 Å². The van der Waals surface area contributed by atoms with Crippen LogP contribution in [0, 0.1) is 0 Å². The molecule has 16 heavy (non-hydrogen) atoms. The molecule has 0 aliphatic heterocycles. The van der Waals surface area contributed by atoms with Crippen molar-refractivity contribution in [1.29, 1.82) is 0 Å². The molecule has 0 amide bonds. The van der Waals surface area contributed by atoms with Crippen LogP contribution in [0.5, 0.6) is 5.75 Å². The molecule has 2 heterocycles. The maximum absolute atomic E-state index is 10.8. The highest BCUT2D eigenvalue weighted by molar-refractivity contribution is 7.16. The van der Waals surface area contributed by atoms with E-state index in [1.165, 1.54) is 11.3 Å². The zero-order valence-electron chi connectivity index (χ0n) is 7.97. The first-order valence-corrected chi connectivity index (χ1v) is 6.42. The van der Waals surface area contributed by atoms with E-state index in [-0.39, 0.29) is 4.88 Å². The lowest BCUT2D eigenvalue weighted by Gasteiger charge is -2.02. The van der Waals surface area contributed by atoms with Gasteiger partial charge in [0.05, 0.1) is 4.34 Å². The second kappa shape index (κ2) is 4.86. The van der Waals surface area contributed by atoms with Crippen LogP contribution in [0.2, 0.25) is 4.34 Å². The van der Waals surface area contributed by atoms with Crippen molar-refractivity contribution in [3.05, 3.63) is 37.7 Å². The number of thiophene rings is 2. The Morgan fingerprint density at radius 1 is 1.44 bits per heavy atom. The minimum absolute atomic E-state index is 0.225. The van der Waals surface area contributed by atoms with Gasteiger partial charge in [-0.25, -0.2) is 4.79 Å². The maximum Gasteiger partial charge on any atom is 0.349 e. The topological polar surface area (TPSA) is 46.5 Å². The largest absolute Gasteiger partial charge is 0.486 e. The van der Waals surface area contributed by atoms with Gasteiger partial charge in [-0.2, -0.15) is 0 Å². The van der Waals surface area contributed by atoms with Crippen molar-refractivity contribution >= 4 is 40.2 Å². The van der Waals surface area contributed by atoms with Crippen molar-refractivity contribution in [1.82, 2.24) is 0 Å². The highest BCUT2D eigenvalue weighted by Crippen LogP contribution is 2.27. The smallest absolute Gasteiger partial charge is 0.349 e. The van der Waals surface area contributed by atoms with Crippen LogP contribution in [0.1, 0.15) is 14.5 Å². The molecule has 0 saturated carbocycles. The number of rotatable bonds is 4. The van der Waals surface area contributed by atoms with Crippen molar-refractivity contribution in [2.75, 3.05) is 0 Å². The molecule has 0 saturated heterocycles. The van der Waals surface area contributed by atoms with Gasteiger partial charge in [0.2, 0.25) is 0 Å². The fourth-order valence-electron chi connectivity index (χ4n) is 1.15. The van der Waals surface area contributed by atoms with Gasteiger partial charge in [0.1, 0.15) is 12.4 Å². The lowest BCUT2D eigenvalue weighted by molar-refractivity contribution is 0.0697. The number of aromatic carboxylic acids is 1. The van der Waals surface area contributed by atoms with Gasteiger partial charge >= 0.3 is 5.97 Å². The quantitative estimate of drug-likeness (QED) is 0.924. The average Bonchev–Trinajstić information content (AvgIpc) is 2.83.